The first-order valence-corrected chi connectivity index (χ1v) is 7.32. The van der Waals surface area contributed by atoms with Crippen LogP contribution in [-0.4, -0.2) is 10.1 Å². The van der Waals surface area contributed by atoms with Crippen LogP contribution >= 0.6 is 11.6 Å². The largest absolute Gasteiger partial charge is 0.338 e. The molecule has 5 heteroatoms. The van der Waals surface area contributed by atoms with Crippen molar-refractivity contribution in [2.75, 3.05) is 0 Å². The second kappa shape index (κ2) is 6.86. The van der Waals surface area contributed by atoms with Gasteiger partial charge in [0.2, 0.25) is 5.89 Å². The fourth-order valence-corrected chi connectivity index (χ4v) is 2.43. The molecule has 0 radical (unpaired) electrons. The van der Waals surface area contributed by atoms with E-state index < -0.39 is 0 Å². The molecule has 20 heavy (non-hydrogen) atoms. The second-order valence-electron chi connectivity index (χ2n) is 4.93. The number of aromatic nitrogens is 2. The fraction of sp³-hybridized carbons (Fsp3) is 0.467. The van der Waals surface area contributed by atoms with Crippen molar-refractivity contribution in [1.29, 1.82) is 0 Å². The average Bonchev–Trinajstić information content (AvgIpc) is 2.88. The zero-order valence-electron chi connectivity index (χ0n) is 12.1. The van der Waals surface area contributed by atoms with E-state index in [1.807, 2.05) is 31.2 Å². The minimum atomic E-state index is -0.0145. The van der Waals surface area contributed by atoms with E-state index in [1.54, 1.807) is 0 Å². The van der Waals surface area contributed by atoms with Gasteiger partial charge < -0.3 is 4.52 Å². The van der Waals surface area contributed by atoms with Gasteiger partial charge in [-0.25, -0.2) is 0 Å². The summed E-state index contributed by atoms with van der Waals surface area (Å²) < 4.78 is 5.29. The van der Waals surface area contributed by atoms with Gasteiger partial charge in [0.25, 0.3) is 0 Å². The van der Waals surface area contributed by atoms with E-state index in [-0.39, 0.29) is 12.1 Å². The molecule has 1 N–H and O–H groups in total. The van der Waals surface area contributed by atoms with Crippen LogP contribution < -0.4 is 5.32 Å². The molecule has 0 fully saturated rings. The monoisotopic (exact) mass is 293 g/mol. The van der Waals surface area contributed by atoms with E-state index in [0.717, 1.165) is 29.3 Å². The number of hydrogen-bond donors (Lipinski definition) is 1. The summed E-state index contributed by atoms with van der Waals surface area (Å²) in [5.41, 5.74) is 1.06. The Hall–Kier alpha value is -1.39. The minimum Gasteiger partial charge on any atom is -0.338 e. The first-order chi connectivity index (χ1) is 9.61. The van der Waals surface area contributed by atoms with Crippen LogP contribution in [0.4, 0.5) is 0 Å². The van der Waals surface area contributed by atoms with Crippen LogP contribution in [0.5, 0.6) is 0 Å². The Morgan fingerprint density at radius 3 is 2.70 bits per heavy atom. The summed E-state index contributed by atoms with van der Waals surface area (Å²) in [7, 11) is 0. The number of aryl methyl sites for hydroxylation is 1. The lowest BCUT2D eigenvalue weighted by Crippen LogP contribution is -2.23. The molecule has 0 bridgehead atoms. The Bertz CT molecular complexity index is 556. The average molecular weight is 294 g/mol. The molecule has 0 saturated carbocycles. The molecule has 1 heterocycles. The number of hydrogen-bond acceptors (Lipinski definition) is 4. The van der Waals surface area contributed by atoms with E-state index in [2.05, 4.69) is 29.3 Å². The van der Waals surface area contributed by atoms with E-state index >= 15 is 0 Å². The molecule has 2 rings (SSSR count). The Kier molecular flexibility index (Phi) is 5.15. The molecule has 2 aromatic rings. The van der Waals surface area contributed by atoms with Gasteiger partial charge in [0.15, 0.2) is 5.82 Å². The topological polar surface area (TPSA) is 51.0 Å². The highest BCUT2D eigenvalue weighted by Crippen LogP contribution is 2.24. The van der Waals surface area contributed by atoms with Crippen LogP contribution in [0.3, 0.4) is 0 Å². The lowest BCUT2D eigenvalue weighted by atomic mass is 10.1. The molecular formula is C15H20ClN3O. The zero-order valence-corrected chi connectivity index (χ0v) is 12.8. The quantitative estimate of drug-likeness (QED) is 0.871. The smallest absolute Gasteiger partial charge is 0.243 e. The highest BCUT2D eigenvalue weighted by Gasteiger charge is 2.18. The zero-order chi connectivity index (χ0) is 14.5. The summed E-state index contributed by atoms with van der Waals surface area (Å²) in [6, 6.07) is 7.92. The number of halogens is 1. The summed E-state index contributed by atoms with van der Waals surface area (Å²) in [5, 5.41) is 8.16. The van der Waals surface area contributed by atoms with Crippen molar-refractivity contribution >= 4 is 11.6 Å². The molecule has 108 valence electrons. The van der Waals surface area contributed by atoms with E-state index in [0.29, 0.717) is 5.89 Å². The molecule has 2 atom stereocenters. The van der Waals surface area contributed by atoms with Crippen molar-refractivity contribution in [2.45, 2.75) is 45.7 Å². The first-order valence-electron chi connectivity index (χ1n) is 6.94. The molecule has 0 aliphatic rings. The maximum atomic E-state index is 6.20. The van der Waals surface area contributed by atoms with Gasteiger partial charge in [-0.05, 0) is 31.9 Å². The highest BCUT2D eigenvalue weighted by molar-refractivity contribution is 6.31. The van der Waals surface area contributed by atoms with Crippen molar-refractivity contribution in [3.05, 3.63) is 46.6 Å². The SMILES string of the molecule is CCCc1noc([C@H](C)N[C@@H](C)c2ccccc2Cl)n1. The maximum absolute atomic E-state index is 6.20. The van der Waals surface area contributed by atoms with Crippen LogP contribution in [0.25, 0.3) is 0 Å². The van der Waals surface area contributed by atoms with Crippen LogP contribution in [0, 0.1) is 0 Å². The third-order valence-corrected chi connectivity index (χ3v) is 3.54. The van der Waals surface area contributed by atoms with Gasteiger partial charge in [-0.1, -0.05) is 41.9 Å². The third-order valence-electron chi connectivity index (χ3n) is 3.20. The Balaban J connectivity index is 2.03. The molecular weight excluding hydrogens is 274 g/mol. The molecule has 0 aliphatic carbocycles. The lowest BCUT2D eigenvalue weighted by molar-refractivity contribution is 0.325. The summed E-state index contributed by atoms with van der Waals surface area (Å²) in [4.78, 5) is 4.40. The summed E-state index contributed by atoms with van der Waals surface area (Å²) >= 11 is 6.20. The van der Waals surface area contributed by atoms with Gasteiger partial charge in [-0.2, -0.15) is 4.98 Å². The van der Waals surface area contributed by atoms with Crippen LogP contribution in [-0.2, 0) is 6.42 Å². The van der Waals surface area contributed by atoms with Crippen LogP contribution in [0.2, 0.25) is 5.02 Å². The Morgan fingerprint density at radius 1 is 1.25 bits per heavy atom. The molecule has 0 unspecified atom stereocenters. The lowest BCUT2D eigenvalue weighted by Gasteiger charge is -2.18. The molecule has 0 amide bonds. The van der Waals surface area contributed by atoms with Crippen molar-refractivity contribution in [1.82, 2.24) is 15.5 Å². The second-order valence-corrected chi connectivity index (χ2v) is 5.34. The highest BCUT2D eigenvalue weighted by atomic mass is 35.5. The first kappa shape index (κ1) is 15.0. The molecule has 4 nitrogen and oxygen atoms in total. The molecule has 0 aliphatic heterocycles. The van der Waals surface area contributed by atoms with Gasteiger partial charge in [0.1, 0.15) is 0 Å². The Morgan fingerprint density at radius 2 is 2.00 bits per heavy atom. The van der Waals surface area contributed by atoms with E-state index in [1.165, 1.54) is 0 Å². The number of rotatable bonds is 6. The maximum Gasteiger partial charge on any atom is 0.243 e. The minimum absolute atomic E-state index is 0.0145. The van der Waals surface area contributed by atoms with Crippen LogP contribution in [0.15, 0.2) is 28.8 Å². The molecule has 1 aromatic carbocycles. The number of nitrogens with one attached hydrogen (secondary N) is 1. The van der Waals surface area contributed by atoms with Crippen molar-refractivity contribution in [2.24, 2.45) is 0 Å². The predicted octanol–water partition coefficient (Wildman–Crippen LogP) is 4.09. The van der Waals surface area contributed by atoms with Gasteiger partial charge in [0.05, 0.1) is 6.04 Å². The van der Waals surface area contributed by atoms with Gasteiger partial charge in [-0.15, -0.1) is 0 Å². The van der Waals surface area contributed by atoms with E-state index in [9.17, 15) is 0 Å². The summed E-state index contributed by atoms with van der Waals surface area (Å²) in [6.07, 6.45) is 1.85. The molecule has 0 spiro atoms. The molecule has 1 aromatic heterocycles. The molecule has 0 saturated heterocycles. The fourth-order valence-electron chi connectivity index (χ4n) is 2.13. The number of nitrogens with zero attached hydrogens (tertiary/aromatic N) is 2. The standard InChI is InChI=1S/C15H20ClN3O/c1-4-7-14-18-15(20-19-14)11(3)17-10(2)12-8-5-6-9-13(12)16/h5-6,8-11,17H,4,7H2,1-3H3/t10-,11-/m0/s1. The normalized spacial score (nSPS) is 14.2. The third kappa shape index (κ3) is 3.58. The van der Waals surface area contributed by atoms with E-state index in [4.69, 9.17) is 16.1 Å². The van der Waals surface area contributed by atoms with Gasteiger partial charge in [-0.3, -0.25) is 5.32 Å². The van der Waals surface area contributed by atoms with Gasteiger partial charge in [0, 0.05) is 17.5 Å². The summed E-state index contributed by atoms with van der Waals surface area (Å²) in [6.45, 7) is 6.18. The van der Waals surface area contributed by atoms with Gasteiger partial charge >= 0.3 is 0 Å². The summed E-state index contributed by atoms with van der Waals surface area (Å²) in [5.74, 6) is 1.38. The van der Waals surface area contributed by atoms with Crippen LogP contribution in [0.1, 0.15) is 56.6 Å². The van der Waals surface area contributed by atoms with Crippen molar-refractivity contribution in [3.63, 3.8) is 0 Å². The van der Waals surface area contributed by atoms with Crippen molar-refractivity contribution < 1.29 is 4.52 Å². The van der Waals surface area contributed by atoms with Crippen molar-refractivity contribution in [3.8, 4) is 0 Å². The Labute approximate surface area is 124 Å². The predicted molar refractivity (Wildman–Crippen MR) is 79.7 cm³/mol. The number of benzene rings is 1.